The zero-order valence-corrected chi connectivity index (χ0v) is 16.3. The van der Waals surface area contributed by atoms with Gasteiger partial charge in [-0.05, 0) is 36.3 Å². The van der Waals surface area contributed by atoms with E-state index >= 15 is 0 Å². The molecule has 1 heterocycles. The van der Waals surface area contributed by atoms with Crippen LogP contribution in [0.2, 0.25) is 0 Å². The van der Waals surface area contributed by atoms with Gasteiger partial charge in [-0.2, -0.15) is 11.8 Å². The molecule has 0 aliphatic rings. The lowest BCUT2D eigenvalue weighted by molar-refractivity contribution is -0.115. The molecule has 0 fully saturated rings. The lowest BCUT2D eigenvalue weighted by atomic mass is 9.87. The van der Waals surface area contributed by atoms with Crippen LogP contribution < -0.4 is 5.32 Å². The van der Waals surface area contributed by atoms with Crippen LogP contribution in [0.5, 0.6) is 0 Å². The van der Waals surface area contributed by atoms with E-state index in [9.17, 15) is 4.79 Å². The van der Waals surface area contributed by atoms with E-state index in [0.717, 1.165) is 5.69 Å². The van der Waals surface area contributed by atoms with Crippen LogP contribution in [0.25, 0.3) is 0 Å². The van der Waals surface area contributed by atoms with Crippen molar-refractivity contribution in [3.8, 4) is 0 Å². The van der Waals surface area contributed by atoms with Crippen molar-refractivity contribution in [2.24, 2.45) is 0 Å². The van der Waals surface area contributed by atoms with Gasteiger partial charge in [-0.25, -0.2) is 0 Å². The smallest absolute Gasteiger partial charge is 0.277 e. The Hall–Kier alpha value is -1.47. The van der Waals surface area contributed by atoms with Gasteiger partial charge in [-0.1, -0.05) is 44.7 Å². The number of nitrogens with zero attached hydrogens (tertiary/aromatic N) is 2. The maximum atomic E-state index is 12.3. The molecule has 0 radical (unpaired) electrons. The molecule has 1 aromatic heterocycles. The van der Waals surface area contributed by atoms with Crippen molar-refractivity contribution in [2.45, 2.75) is 49.3 Å². The van der Waals surface area contributed by atoms with Crippen LogP contribution >= 0.6 is 23.5 Å². The van der Waals surface area contributed by atoms with Crippen LogP contribution in [0.4, 0.5) is 5.69 Å². The fraction of sp³-hybridized carbons (Fsp3) is 0.471. The number of nitrogens with one attached hydrogen (secondary N) is 1. The number of rotatable bonds is 6. The van der Waals surface area contributed by atoms with Gasteiger partial charge >= 0.3 is 0 Å². The van der Waals surface area contributed by atoms with E-state index in [-0.39, 0.29) is 16.6 Å². The van der Waals surface area contributed by atoms with Crippen LogP contribution in [0.3, 0.4) is 0 Å². The van der Waals surface area contributed by atoms with Crippen LogP contribution in [0, 0.1) is 0 Å². The van der Waals surface area contributed by atoms with Gasteiger partial charge in [-0.3, -0.25) is 4.79 Å². The molecule has 1 amide bonds. The number of anilines is 1. The summed E-state index contributed by atoms with van der Waals surface area (Å²) < 4.78 is 5.49. The Bertz CT molecular complexity index is 678. The number of carbonyl (C=O) groups is 1. The molecule has 2 aromatic rings. The third-order valence-corrected chi connectivity index (χ3v) is 4.85. The SMILES string of the molecule is CSCc1nnc(SC(C)C(=O)Nc2ccc(C(C)(C)C)cc2)o1. The monoisotopic (exact) mass is 365 g/mol. The van der Waals surface area contributed by atoms with Gasteiger partial charge in [0, 0.05) is 5.69 Å². The summed E-state index contributed by atoms with van der Waals surface area (Å²) in [4.78, 5) is 12.3. The Labute approximate surface area is 151 Å². The summed E-state index contributed by atoms with van der Waals surface area (Å²) in [7, 11) is 0. The van der Waals surface area contributed by atoms with Crippen molar-refractivity contribution in [1.29, 1.82) is 0 Å². The highest BCUT2D eigenvalue weighted by Crippen LogP contribution is 2.25. The van der Waals surface area contributed by atoms with Gasteiger partial charge in [-0.15, -0.1) is 10.2 Å². The Kier molecular flexibility index (Phi) is 6.34. The first-order valence-electron chi connectivity index (χ1n) is 7.69. The molecule has 0 bridgehead atoms. The topological polar surface area (TPSA) is 68.0 Å². The third kappa shape index (κ3) is 5.27. The quantitative estimate of drug-likeness (QED) is 0.768. The average Bonchev–Trinajstić information content (AvgIpc) is 2.94. The van der Waals surface area contributed by atoms with E-state index in [1.807, 2.05) is 37.4 Å². The first-order chi connectivity index (χ1) is 11.3. The average molecular weight is 366 g/mol. The Morgan fingerprint density at radius 1 is 1.25 bits per heavy atom. The molecule has 130 valence electrons. The minimum absolute atomic E-state index is 0.0897. The highest BCUT2D eigenvalue weighted by atomic mass is 32.2. The summed E-state index contributed by atoms with van der Waals surface area (Å²) in [6.45, 7) is 8.31. The van der Waals surface area contributed by atoms with Crippen molar-refractivity contribution in [3.05, 3.63) is 35.7 Å². The predicted octanol–water partition coefficient (Wildman–Crippen LogP) is 4.35. The molecule has 0 saturated heterocycles. The highest BCUT2D eigenvalue weighted by molar-refractivity contribution is 8.00. The van der Waals surface area contributed by atoms with Gasteiger partial charge < -0.3 is 9.73 Å². The molecular formula is C17H23N3O2S2. The van der Waals surface area contributed by atoms with Crippen molar-refractivity contribution in [2.75, 3.05) is 11.6 Å². The summed E-state index contributed by atoms with van der Waals surface area (Å²) in [6, 6.07) is 7.94. The largest absolute Gasteiger partial charge is 0.415 e. The summed E-state index contributed by atoms with van der Waals surface area (Å²) in [6.07, 6.45) is 1.97. The second-order valence-corrected chi connectivity index (χ2v) is 8.63. The molecule has 0 aliphatic heterocycles. The molecule has 1 aromatic carbocycles. The maximum Gasteiger partial charge on any atom is 0.277 e. The molecule has 0 spiro atoms. The molecule has 1 unspecified atom stereocenters. The molecule has 0 saturated carbocycles. The van der Waals surface area contributed by atoms with E-state index in [1.54, 1.807) is 11.8 Å². The third-order valence-electron chi connectivity index (χ3n) is 3.38. The second-order valence-electron chi connectivity index (χ2n) is 6.47. The van der Waals surface area contributed by atoms with Crippen LogP contribution in [-0.2, 0) is 16.0 Å². The molecule has 2 rings (SSSR count). The zero-order chi connectivity index (χ0) is 17.7. The zero-order valence-electron chi connectivity index (χ0n) is 14.6. The molecule has 1 N–H and O–H groups in total. The number of carbonyl (C=O) groups excluding carboxylic acids is 1. The van der Waals surface area contributed by atoms with Crippen LogP contribution in [0.1, 0.15) is 39.1 Å². The lowest BCUT2D eigenvalue weighted by Crippen LogP contribution is -2.22. The van der Waals surface area contributed by atoms with Gasteiger partial charge in [0.15, 0.2) is 0 Å². The molecule has 0 aliphatic carbocycles. The predicted molar refractivity (Wildman–Crippen MR) is 101 cm³/mol. The fourth-order valence-electron chi connectivity index (χ4n) is 1.97. The van der Waals surface area contributed by atoms with Gasteiger partial charge in [0.1, 0.15) is 0 Å². The molecule has 7 heteroatoms. The first kappa shape index (κ1) is 18.9. The minimum atomic E-state index is -0.324. The molecule has 24 heavy (non-hydrogen) atoms. The number of hydrogen-bond donors (Lipinski definition) is 1. The fourth-order valence-corrected chi connectivity index (χ4v) is 3.03. The summed E-state index contributed by atoms with van der Waals surface area (Å²) in [5.74, 6) is 1.16. The van der Waals surface area contributed by atoms with Crippen molar-refractivity contribution < 1.29 is 9.21 Å². The summed E-state index contributed by atoms with van der Waals surface area (Å²) in [5.41, 5.74) is 2.11. The summed E-state index contributed by atoms with van der Waals surface area (Å²) >= 11 is 2.88. The standard InChI is InChI=1S/C17H23N3O2S2/c1-11(24-16-20-19-14(22-16)10-23-5)15(21)18-13-8-6-12(7-9-13)17(2,3)4/h6-9,11H,10H2,1-5H3,(H,18,21). The minimum Gasteiger partial charge on any atom is -0.415 e. The van der Waals surface area contributed by atoms with E-state index in [1.165, 1.54) is 17.3 Å². The maximum absolute atomic E-state index is 12.3. The lowest BCUT2D eigenvalue weighted by Gasteiger charge is -2.19. The normalized spacial score (nSPS) is 12.9. The number of thioether (sulfide) groups is 2. The Morgan fingerprint density at radius 3 is 2.50 bits per heavy atom. The molecule has 5 nitrogen and oxygen atoms in total. The van der Waals surface area contributed by atoms with Gasteiger partial charge in [0.25, 0.3) is 5.22 Å². The Morgan fingerprint density at radius 2 is 1.92 bits per heavy atom. The van der Waals surface area contributed by atoms with Crippen molar-refractivity contribution in [1.82, 2.24) is 10.2 Å². The number of aromatic nitrogens is 2. The number of benzene rings is 1. The van der Waals surface area contributed by atoms with Gasteiger partial charge in [0.2, 0.25) is 11.8 Å². The summed E-state index contributed by atoms with van der Waals surface area (Å²) in [5, 5.41) is 10.9. The van der Waals surface area contributed by atoms with Crippen LogP contribution in [0.15, 0.2) is 33.9 Å². The highest BCUT2D eigenvalue weighted by Gasteiger charge is 2.19. The van der Waals surface area contributed by atoms with Gasteiger partial charge in [0.05, 0.1) is 11.0 Å². The van der Waals surface area contributed by atoms with Crippen molar-refractivity contribution in [3.63, 3.8) is 0 Å². The number of hydrogen-bond acceptors (Lipinski definition) is 6. The first-order valence-corrected chi connectivity index (χ1v) is 9.96. The van der Waals surface area contributed by atoms with E-state index in [4.69, 9.17) is 4.42 Å². The Balaban J connectivity index is 1.93. The second kappa shape index (κ2) is 8.07. The van der Waals surface area contributed by atoms with Crippen molar-refractivity contribution >= 4 is 35.1 Å². The van der Waals surface area contributed by atoms with E-state index in [0.29, 0.717) is 16.9 Å². The van der Waals surface area contributed by atoms with E-state index < -0.39 is 0 Å². The molecular weight excluding hydrogens is 342 g/mol. The van der Waals surface area contributed by atoms with Crippen LogP contribution in [-0.4, -0.2) is 27.6 Å². The molecule has 1 atom stereocenters. The van der Waals surface area contributed by atoms with E-state index in [2.05, 4.69) is 36.3 Å². The number of amides is 1.